The molecule has 0 atom stereocenters. The van der Waals surface area contributed by atoms with E-state index in [1.54, 1.807) is 35.2 Å². The number of rotatable bonds is 4. The van der Waals surface area contributed by atoms with E-state index >= 15 is 0 Å². The Labute approximate surface area is 209 Å². The molecule has 1 aliphatic rings. The van der Waals surface area contributed by atoms with Crippen molar-refractivity contribution >= 4 is 27.4 Å². The summed E-state index contributed by atoms with van der Waals surface area (Å²) in [4.78, 5) is 19.0. The first kappa shape index (κ1) is 23.6. The van der Waals surface area contributed by atoms with Gasteiger partial charge in [-0.05, 0) is 64.3 Å². The van der Waals surface area contributed by atoms with Gasteiger partial charge in [-0.15, -0.1) is 21.5 Å². The van der Waals surface area contributed by atoms with Crippen LogP contribution < -0.4 is 15.8 Å². The van der Waals surface area contributed by atoms with Crippen molar-refractivity contribution < 1.29 is 0 Å². The third kappa shape index (κ3) is 4.60. The quantitative estimate of drug-likeness (QED) is 0.442. The molecule has 7 nitrogen and oxygen atoms in total. The molecule has 0 unspecified atom stereocenters. The molecule has 0 spiro atoms. The summed E-state index contributed by atoms with van der Waals surface area (Å²) in [6, 6.07) is 12.2. The van der Waals surface area contributed by atoms with Crippen molar-refractivity contribution in [3.63, 3.8) is 0 Å². The van der Waals surface area contributed by atoms with Gasteiger partial charge in [0, 0.05) is 54.6 Å². The minimum atomic E-state index is -0.0407. The molecular formula is C27H32N6OS. The number of piperidine rings is 1. The van der Waals surface area contributed by atoms with Gasteiger partial charge < -0.3 is 14.8 Å². The molecule has 8 heteroatoms. The van der Waals surface area contributed by atoms with Gasteiger partial charge in [-0.2, -0.15) is 0 Å². The molecule has 1 saturated heterocycles. The van der Waals surface area contributed by atoms with Crippen LogP contribution in [0, 0.1) is 0 Å². The lowest BCUT2D eigenvalue weighted by atomic mass is 9.79. The van der Waals surface area contributed by atoms with E-state index in [4.69, 9.17) is 0 Å². The van der Waals surface area contributed by atoms with Crippen molar-refractivity contribution in [1.29, 1.82) is 0 Å². The molecule has 1 aliphatic heterocycles. The largest absolute Gasteiger partial charge is 0.355 e. The van der Waals surface area contributed by atoms with E-state index in [1.807, 2.05) is 23.7 Å². The van der Waals surface area contributed by atoms with Crippen LogP contribution in [-0.4, -0.2) is 43.9 Å². The number of aromatic nitrogens is 4. The summed E-state index contributed by atoms with van der Waals surface area (Å²) in [5.74, 6) is 0.879. The van der Waals surface area contributed by atoms with Crippen molar-refractivity contribution in [2.75, 3.05) is 11.9 Å². The number of hydrogen-bond donors (Lipinski definition) is 1. The summed E-state index contributed by atoms with van der Waals surface area (Å²) >= 11 is 1.58. The zero-order valence-electron chi connectivity index (χ0n) is 21.2. The van der Waals surface area contributed by atoms with Crippen LogP contribution in [-0.2, 0) is 7.05 Å². The molecule has 0 amide bonds. The van der Waals surface area contributed by atoms with Crippen LogP contribution in [0.15, 0.2) is 52.9 Å². The minimum Gasteiger partial charge on any atom is -0.355 e. The highest BCUT2D eigenvalue weighted by atomic mass is 32.1. The molecule has 0 saturated carbocycles. The minimum absolute atomic E-state index is 0.0407. The molecule has 182 valence electrons. The fourth-order valence-corrected chi connectivity index (χ4v) is 6.32. The number of anilines is 1. The normalized spacial score (nSPS) is 17.5. The lowest BCUT2D eigenvalue weighted by Gasteiger charge is -2.49. The van der Waals surface area contributed by atoms with E-state index in [-0.39, 0.29) is 16.6 Å². The first-order valence-corrected chi connectivity index (χ1v) is 12.8. The van der Waals surface area contributed by atoms with Gasteiger partial charge in [0.05, 0.1) is 21.4 Å². The van der Waals surface area contributed by atoms with Gasteiger partial charge in [0.15, 0.2) is 5.82 Å². The van der Waals surface area contributed by atoms with E-state index in [0.717, 1.165) is 51.3 Å². The second kappa shape index (κ2) is 8.53. The highest BCUT2D eigenvalue weighted by molar-refractivity contribution is 7.17. The Kier molecular flexibility index (Phi) is 5.76. The molecule has 0 bridgehead atoms. The number of aryl methyl sites for hydroxylation is 1. The average molecular weight is 489 g/mol. The molecule has 35 heavy (non-hydrogen) atoms. The predicted molar refractivity (Wildman–Crippen MR) is 144 cm³/mol. The average Bonchev–Trinajstić information content (AvgIpc) is 3.28. The summed E-state index contributed by atoms with van der Waals surface area (Å²) in [7, 11) is 3.87. The maximum Gasteiger partial charge on any atom is 0.250 e. The highest BCUT2D eigenvalue weighted by Gasteiger charge is 2.39. The fraction of sp³-hybridized carbons (Fsp3) is 0.407. The number of pyridine rings is 1. The Morgan fingerprint density at radius 2 is 1.74 bits per heavy atom. The Bertz CT molecular complexity index is 1420. The van der Waals surface area contributed by atoms with Gasteiger partial charge in [0.25, 0.3) is 5.56 Å². The van der Waals surface area contributed by atoms with Gasteiger partial charge in [-0.25, -0.2) is 4.98 Å². The number of thiazole rings is 1. The van der Waals surface area contributed by atoms with Crippen molar-refractivity contribution in [1.82, 2.24) is 25.1 Å². The van der Waals surface area contributed by atoms with Gasteiger partial charge in [0.2, 0.25) is 0 Å². The highest BCUT2D eigenvalue weighted by Crippen LogP contribution is 2.37. The van der Waals surface area contributed by atoms with Crippen molar-refractivity contribution in [3.05, 3.63) is 58.5 Å². The van der Waals surface area contributed by atoms with Crippen LogP contribution in [0.3, 0.4) is 0 Å². The predicted octanol–water partition coefficient (Wildman–Crippen LogP) is 4.86. The second-order valence-corrected chi connectivity index (χ2v) is 11.8. The van der Waals surface area contributed by atoms with Crippen LogP contribution in [0.4, 0.5) is 5.82 Å². The molecule has 4 heterocycles. The van der Waals surface area contributed by atoms with E-state index in [9.17, 15) is 4.79 Å². The van der Waals surface area contributed by atoms with Crippen LogP contribution in [0.1, 0.15) is 40.5 Å². The second-order valence-electron chi connectivity index (χ2n) is 10.9. The Hall–Kier alpha value is -3.10. The number of nitrogens with one attached hydrogen (secondary N) is 1. The van der Waals surface area contributed by atoms with Crippen molar-refractivity contribution in [2.24, 2.45) is 7.05 Å². The lowest BCUT2D eigenvalue weighted by molar-refractivity contribution is 0.160. The van der Waals surface area contributed by atoms with E-state index in [1.165, 1.54) is 0 Å². The Morgan fingerprint density at radius 3 is 2.40 bits per heavy atom. The van der Waals surface area contributed by atoms with Crippen LogP contribution in [0.2, 0.25) is 0 Å². The molecule has 0 aliphatic carbocycles. The monoisotopic (exact) mass is 488 g/mol. The summed E-state index contributed by atoms with van der Waals surface area (Å²) < 4.78 is 2.61. The molecule has 5 rings (SSSR count). The zero-order valence-corrected chi connectivity index (χ0v) is 22.0. The third-order valence-corrected chi connectivity index (χ3v) is 7.76. The van der Waals surface area contributed by atoms with E-state index in [0.29, 0.717) is 6.04 Å². The first-order chi connectivity index (χ1) is 16.5. The molecule has 1 N–H and O–H groups in total. The summed E-state index contributed by atoms with van der Waals surface area (Å²) in [5, 5.41) is 13.0. The van der Waals surface area contributed by atoms with Crippen LogP contribution in [0.5, 0.6) is 0 Å². The number of hydrogen-bond acceptors (Lipinski definition) is 7. The molecule has 1 fully saturated rings. The molecule has 1 aromatic carbocycles. The third-order valence-electron chi connectivity index (χ3n) is 6.90. The smallest absolute Gasteiger partial charge is 0.250 e. The lowest BCUT2D eigenvalue weighted by Crippen LogP contribution is -2.62. The number of fused-ring (bicyclic) bond motifs is 1. The first-order valence-electron chi connectivity index (χ1n) is 11.9. The summed E-state index contributed by atoms with van der Waals surface area (Å²) in [6.07, 6.45) is 3.87. The zero-order chi connectivity index (χ0) is 25.0. The van der Waals surface area contributed by atoms with Gasteiger partial charge >= 0.3 is 0 Å². The van der Waals surface area contributed by atoms with Gasteiger partial charge in [-0.1, -0.05) is 12.1 Å². The molecule has 3 aromatic heterocycles. The van der Waals surface area contributed by atoms with Crippen molar-refractivity contribution in [3.8, 4) is 22.4 Å². The van der Waals surface area contributed by atoms with E-state index < -0.39 is 0 Å². The van der Waals surface area contributed by atoms with E-state index in [2.05, 4.69) is 72.3 Å². The Morgan fingerprint density at radius 1 is 1.03 bits per heavy atom. The maximum absolute atomic E-state index is 12.2. The van der Waals surface area contributed by atoms with Gasteiger partial charge in [0.1, 0.15) is 0 Å². The van der Waals surface area contributed by atoms with Crippen molar-refractivity contribution in [2.45, 2.75) is 57.7 Å². The SMILES string of the molecule is CN(c1ccc(-c2ccc(-c3ccn(C)c(=O)c3)c3ncsc23)nn1)C1CC(C)(C)NC(C)(C)C1. The Balaban J connectivity index is 1.45. The molecule has 4 aromatic rings. The standard InChI is InChI=1S/C27H32N6OS/c1-26(2)14-18(15-27(3,4)31-26)33(6)22-10-9-21(29-30-22)20-8-7-19(24-25(20)35-16-28-24)17-11-12-32(5)23(34)13-17/h7-13,16,18,31H,14-15H2,1-6H3. The fourth-order valence-electron chi connectivity index (χ4n) is 5.49. The molecular weight excluding hydrogens is 456 g/mol. The van der Waals surface area contributed by atoms with Gasteiger partial charge in [-0.3, -0.25) is 4.79 Å². The summed E-state index contributed by atoms with van der Waals surface area (Å²) in [6.45, 7) is 9.06. The van der Waals surface area contributed by atoms with Crippen LogP contribution in [0.25, 0.3) is 32.6 Å². The van der Waals surface area contributed by atoms with Crippen LogP contribution >= 0.6 is 11.3 Å². The maximum atomic E-state index is 12.2. The molecule has 0 radical (unpaired) electrons. The topological polar surface area (TPSA) is 75.9 Å². The number of benzene rings is 1. The summed E-state index contributed by atoms with van der Waals surface area (Å²) in [5.41, 5.74) is 6.44. The number of nitrogens with zero attached hydrogens (tertiary/aromatic N) is 5.